The van der Waals surface area contributed by atoms with Gasteiger partial charge in [0.15, 0.2) is 11.6 Å². The summed E-state index contributed by atoms with van der Waals surface area (Å²) in [6.45, 7) is 6.33. The van der Waals surface area contributed by atoms with Gasteiger partial charge in [-0.15, -0.1) is 5.10 Å². The zero-order chi connectivity index (χ0) is 21.8. The largest absolute Gasteiger partial charge is 0.497 e. The van der Waals surface area contributed by atoms with Gasteiger partial charge in [0.2, 0.25) is 5.95 Å². The van der Waals surface area contributed by atoms with Crippen LogP contribution in [-0.2, 0) is 4.79 Å². The number of ketones is 1. The average Bonchev–Trinajstić information content (AvgIpc) is 3.15. The molecule has 0 spiro atoms. The first kappa shape index (κ1) is 19.5. The molecule has 0 saturated carbocycles. The summed E-state index contributed by atoms with van der Waals surface area (Å²) in [6.07, 6.45) is 1.32. The average molecular weight is 415 g/mol. The first-order valence-electron chi connectivity index (χ1n) is 10.6. The molecule has 1 atom stereocenters. The first-order valence-corrected chi connectivity index (χ1v) is 10.6. The molecule has 1 aliphatic carbocycles. The van der Waals surface area contributed by atoms with Gasteiger partial charge < -0.3 is 10.1 Å². The van der Waals surface area contributed by atoms with E-state index >= 15 is 0 Å². The lowest BCUT2D eigenvalue weighted by molar-refractivity contribution is -0.118. The lowest BCUT2D eigenvalue weighted by Gasteiger charge is -2.38. The predicted octanol–water partition coefficient (Wildman–Crippen LogP) is 4.92. The number of methoxy groups -OCH3 is 1. The summed E-state index contributed by atoms with van der Waals surface area (Å²) in [5, 5.41) is 8.27. The molecule has 1 unspecified atom stereocenters. The van der Waals surface area contributed by atoms with E-state index in [9.17, 15) is 4.79 Å². The van der Waals surface area contributed by atoms with Crippen LogP contribution in [0.2, 0.25) is 0 Å². The number of carbonyl (C=O) groups is 1. The normalized spacial score (nSPS) is 19.5. The molecule has 1 aliphatic heterocycles. The number of nitrogens with zero attached hydrogens (tertiary/aromatic N) is 3. The van der Waals surface area contributed by atoms with Crippen LogP contribution in [0.1, 0.15) is 43.9 Å². The van der Waals surface area contributed by atoms with E-state index in [0.29, 0.717) is 18.2 Å². The quantitative estimate of drug-likeness (QED) is 0.659. The van der Waals surface area contributed by atoms with Gasteiger partial charge in [0.25, 0.3) is 0 Å². The van der Waals surface area contributed by atoms with Gasteiger partial charge >= 0.3 is 0 Å². The maximum Gasteiger partial charge on any atom is 0.226 e. The highest BCUT2D eigenvalue weighted by molar-refractivity contribution is 6.00. The summed E-state index contributed by atoms with van der Waals surface area (Å²) in [5.74, 6) is 2.26. The van der Waals surface area contributed by atoms with Gasteiger partial charge in [-0.3, -0.25) is 4.79 Å². The number of ether oxygens (including phenoxy) is 1. The highest BCUT2D eigenvalue weighted by Crippen LogP contribution is 2.45. The second-order valence-corrected chi connectivity index (χ2v) is 9.20. The van der Waals surface area contributed by atoms with Crippen molar-refractivity contribution in [3.8, 4) is 17.1 Å². The smallest absolute Gasteiger partial charge is 0.226 e. The Morgan fingerprint density at radius 2 is 1.77 bits per heavy atom. The number of fused-ring (bicyclic) bond motifs is 1. The summed E-state index contributed by atoms with van der Waals surface area (Å²) < 4.78 is 7.18. The minimum absolute atomic E-state index is 0.0879. The van der Waals surface area contributed by atoms with Crippen molar-refractivity contribution < 1.29 is 9.53 Å². The zero-order valence-electron chi connectivity index (χ0n) is 18.3. The molecule has 31 heavy (non-hydrogen) atoms. The lowest BCUT2D eigenvalue weighted by Crippen LogP contribution is -2.36. The number of hydrogen-bond donors (Lipinski definition) is 1. The fourth-order valence-electron chi connectivity index (χ4n) is 4.53. The molecule has 0 fully saturated rings. The molecule has 158 valence electrons. The Bertz CT molecular complexity index is 1190. The summed E-state index contributed by atoms with van der Waals surface area (Å²) in [5.41, 5.74) is 4.79. The maximum absolute atomic E-state index is 13.3. The van der Waals surface area contributed by atoms with Crippen molar-refractivity contribution in [3.05, 3.63) is 70.9 Å². The van der Waals surface area contributed by atoms with E-state index in [1.165, 1.54) is 5.56 Å². The molecule has 1 N–H and O–H groups in total. The number of Topliss-reactive ketones (excluding diaryl/α,β-unsaturated/α-hetero) is 1. The van der Waals surface area contributed by atoms with E-state index in [4.69, 9.17) is 14.8 Å². The van der Waals surface area contributed by atoms with E-state index < -0.39 is 0 Å². The molecular formula is C25H26N4O2. The monoisotopic (exact) mass is 414 g/mol. The van der Waals surface area contributed by atoms with E-state index in [1.807, 2.05) is 41.1 Å². The molecule has 6 heteroatoms. The first-order chi connectivity index (χ1) is 14.8. The van der Waals surface area contributed by atoms with Crippen LogP contribution in [0.4, 0.5) is 5.95 Å². The number of aromatic nitrogens is 3. The van der Waals surface area contributed by atoms with Crippen LogP contribution in [0.15, 0.2) is 59.8 Å². The second-order valence-electron chi connectivity index (χ2n) is 9.20. The third kappa shape index (κ3) is 3.42. The van der Waals surface area contributed by atoms with Gasteiger partial charge in [-0.05, 0) is 36.5 Å². The van der Waals surface area contributed by atoms with Crippen molar-refractivity contribution in [2.24, 2.45) is 5.41 Å². The highest BCUT2D eigenvalue weighted by atomic mass is 16.5. The van der Waals surface area contributed by atoms with E-state index in [1.54, 1.807) is 7.11 Å². The SMILES string of the molecule is COc1ccc(C2C3=C(CC(C)(C)CC3=O)Nc3nc(-c4ccc(C)cc4)nn32)cc1. The molecule has 0 amide bonds. The molecule has 6 nitrogen and oxygen atoms in total. The van der Waals surface area contributed by atoms with Crippen molar-refractivity contribution in [1.82, 2.24) is 14.8 Å². The number of anilines is 1. The summed E-state index contributed by atoms with van der Waals surface area (Å²) in [6, 6.07) is 15.7. The minimum atomic E-state index is -0.313. The molecule has 1 aromatic heterocycles. The van der Waals surface area contributed by atoms with Gasteiger partial charge in [0, 0.05) is 23.3 Å². The molecule has 5 rings (SSSR count). The molecule has 2 aliphatic rings. The molecule has 2 aromatic carbocycles. The highest BCUT2D eigenvalue weighted by Gasteiger charge is 2.41. The number of rotatable bonds is 3. The molecule has 3 aromatic rings. The fraction of sp³-hybridized carbons (Fsp3) is 0.320. The number of carbonyl (C=O) groups excluding carboxylic acids is 1. The third-order valence-electron chi connectivity index (χ3n) is 6.07. The number of benzene rings is 2. The van der Waals surface area contributed by atoms with Crippen molar-refractivity contribution in [2.75, 3.05) is 12.4 Å². The zero-order valence-corrected chi connectivity index (χ0v) is 18.3. The van der Waals surface area contributed by atoms with E-state index in [-0.39, 0.29) is 17.2 Å². The van der Waals surface area contributed by atoms with Crippen LogP contribution in [0.5, 0.6) is 5.75 Å². The number of nitrogens with one attached hydrogen (secondary N) is 1. The van der Waals surface area contributed by atoms with Gasteiger partial charge in [0.05, 0.1) is 7.11 Å². The molecule has 0 saturated heterocycles. The van der Waals surface area contributed by atoms with Gasteiger partial charge in [-0.2, -0.15) is 4.98 Å². The fourth-order valence-corrected chi connectivity index (χ4v) is 4.53. The topological polar surface area (TPSA) is 69.0 Å². The summed E-state index contributed by atoms with van der Waals surface area (Å²) in [4.78, 5) is 18.1. The Morgan fingerprint density at radius 1 is 1.06 bits per heavy atom. The number of allylic oxidation sites excluding steroid dienone is 2. The van der Waals surface area contributed by atoms with Crippen molar-refractivity contribution in [1.29, 1.82) is 0 Å². The van der Waals surface area contributed by atoms with Crippen LogP contribution in [0, 0.1) is 12.3 Å². The van der Waals surface area contributed by atoms with Crippen LogP contribution in [-0.4, -0.2) is 27.7 Å². The third-order valence-corrected chi connectivity index (χ3v) is 6.07. The maximum atomic E-state index is 13.3. The Balaban J connectivity index is 1.66. The van der Waals surface area contributed by atoms with Gasteiger partial charge in [-0.25, -0.2) is 4.68 Å². The van der Waals surface area contributed by atoms with E-state index in [2.05, 4.69) is 38.2 Å². The van der Waals surface area contributed by atoms with Crippen LogP contribution >= 0.6 is 0 Å². The molecular weight excluding hydrogens is 388 g/mol. The molecule has 0 bridgehead atoms. The standard InChI is InChI=1S/C25H26N4O2/c1-15-5-7-17(8-6-15)23-27-24-26-19-13-25(2,3)14-20(30)21(19)22(29(24)28-23)16-9-11-18(31-4)12-10-16/h5-12,22H,13-14H2,1-4H3,(H,26,27,28). The Labute approximate surface area is 182 Å². The Morgan fingerprint density at radius 3 is 2.45 bits per heavy atom. The van der Waals surface area contributed by atoms with Crippen molar-refractivity contribution in [3.63, 3.8) is 0 Å². The number of aryl methyl sites for hydroxylation is 1. The molecule has 2 heterocycles. The number of hydrogen-bond acceptors (Lipinski definition) is 5. The molecule has 0 radical (unpaired) electrons. The predicted molar refractivity (Wildman–Crippen MR) is 120 cm³/mol. The van der Waals surface area contributed by atoms with Gasteiger partial charge in [-0.1, -0.05) is 55.8 Å². The van der Waals surface area contributed by atoms with Crippen molar-refractivity contribution in [2.45, 2.75) is 39.7 Å². The van der Waals surface area contributed by atoms with Gasteiger partial charge in [0.1, 0.15) is 11.8 Å². The van der Waals surface area contributed by atoms with E-state index in [0.717, 1.165) is 34.6 Å². The summed E-state index contributed by atoms with van der Waals surface area (Å²) in [7, 11) is 1.65. The van der Waals surface area contributed by atoms with Crippen LogP contribution in [0.3, 0.4) is 0 Å². The Kier molecular flexibility index (Phi) is 4.46. The lowest BCUT2D eigenvalue weighted by atomic mass is 9.73. The minimum Gasteiger partial charge on any atom is -0.497 e. The second kappa shape index (κ2) is 7.08. The van der Waals surface area contributed by atoms with Crippen LogP contribution < -0.4 is 10.1 Å². The van der Waals surface area contributed by atoms with Crippen LogP contribution in [0.25, 0.3) is 11.4 Å². The Hall–Kier alpha value is -3.41. The van der Waals surface area contributed by atoms with Crippen molar-refractivity contribution >= 4 is 11.7 Å². The summed E-state index contributed by atoms with van der Waals surface area (Å²) >= 11 is 0.